The van der Waals surface area contributed by atoms with Crippen molar-refractivity contribution in [1.82, 2.24) is 30.0 Å². The molecular weight excluding hydrogens is 448 g/mol. The van der Waals surface area contributed by atoms with Crippen LogP contribution in [-0.4, -0.2) is 68.7 Å². The number of fused-ring (bicyclic) bond motifs is 1. The molecule has 4 aromatic rings. The minimum atomic E-state index is -0.0454. The van der Waals surface area contributed by atoms with Crippen molar-refractivity contribution >= 4 is 28.7 Å². The standard InChI is InChI=1S/C25H26N6O2S/c32-23(26-13-21-16-30(11-12-33-21)15-19-7-3-1-4-8-19)17-34-25-22-14-29-31(24(22)27-18-28-25)20-9-5-2-6-10-20/h1-10,14,18,21H,11-13,15-17H2,(H,26,32)/t21-/m1/s1. The molecule has 3 heterocycles. The largest absolute Gasteiger partial charge is 0.374 e. The Morgan fingerprint density at radius 3 is 2.71 bits per heavy atom. The van der Waals surface area contributed by atoms with Crippen LogP contribution in [0, 0.1) is 0 Å². The van der Waals surface area contributed by atoms with Crippen molar-refractivity contribution in [3.8, 4) is 5.69 Å². The van der Waals surface area contributed by atoms with Crippen LogP contribution in [0.4, 0.5) is 0 Å². The predicted molar refractivity (Wildman–Crippen MR) is 132 cm³/mol. The van der Waals surface area contributed by atoms with Crippen LogP contribution in [0.2, 0.25) is 0 Å². The molecule has 174 valence electrons. The van der Waals surface area contributed by atoms with Gasteiger partial charge >= 0.3 is 0 Å². The van der Waals surface area contributed by atoms with E-state index in [2.05, 4.69) is 49.5 Å². The van der Waals surface area contributed by atoms with E-state index in [1.165, 1.54) is 23.7 Å². The summed E-state index contributed by atoms with van der Waals surface area (Å²) in [7, 11) is 0. The molecule has 0 spiro atoms. The van der Waals surface area contributed by atoms with E-state index in [0.29, 0.717) is 13.2 Å². The van der Waals surface area contributed by atoms with Crippen LogP contribution in [-0.2, 0) is 16.1 Å². The molecule has 0 bridgehead atoms. The van der Waals surface area contributed by atoms with Crippen LogP contribution >= 0.6 is 11.8 Å². The Hall–Kier alpha value is -3.27. The lowest BCUT2D eigenvalue weighted by atomic mass is 10.2. The van der Waals surface area contributed by atoms with Crippen LogP contribution in [0.5, 0.6) is 0 Å². The zero-order valence-electron chi connectivity index (χ0n) is 18.7. The van der Waals surface area contributed by atoms with E-state index in [0.717, 1.165) is 41.4 Å². The number of rotatable bonds is 8. The number of nitrogens with one attached hydrogen (secondary N) is 1. The van der Waals surface area contributed by atoms with Gasteiger partial charge in [-0.15, -0.1) is 0 Å². The number of hydrogen-bond acceptors (Lipinski definition) is 7. The Kier molecular flexibility index (Phi) is 7.13. The van der Waals surface area contributed by atoms with E-state index < -0.39 is 0 Å². The lowest BCUT2D eigenvalue weighted by Crippen LogP contribution is -2.47. The molecule has 0 radical (unpaired) electrons. The summed E-state index contributed by atoms with van der Waals surface area (Å²) in [6.45, 7) is 3.76. The summed E-state index contributed by atoms with van der Waals surface area (Å²) in [6.07, 6.45) is 3.25. The average molecular weight is 475 g/mol. The number of thioether (sulfide) groups is 1. The molecule has 0 aliphatic carbocycles. The quantitative estimate of drug-likeness (QED) is 0.310. The van der Waals surface area contributed by atoms with Gasteiger partial charge in [-0.05, 0) is 17.7 Å². The summed E-state index contributed by atoms with van der Waals surface area (Å²) >= 11 is 1.39. The van der Waals surface area contributed by atoms with Crippen molar-refractivity contribution in [2.75, 3.05) is 32.0 Å². The fourth-order valence-electron chi connectivity index (χ4n) is 4.00. The van der Waals surface area contributed by atoms with Crippen LogP contribution in [0.3, 0.4) is 0 Å². The number of benzene rings is 2. The Bertz CT molecular complexity index is 1230. The first-order valence-corrected chi connectivity index (χ1v) is 12.3. The van der Waals surface area contributed by atoms with Crippen molar-refractivity contribution in [3.05, 3.63) is 78.8 Å². The molecule has 1 aliphatic heterocycles. The number of ether oxygens (including phenoxy) is 1. The molecule has 2 aromatic heterocycles. The summed E-state index contributed by atoms with van der Waals surface area (Å²) in [4.78, 5) is 23.7. The molecule has 1 atom stereocenters. The molecule has 0 saturated carbocycles. The lowest BCUT2D eigenvalue weighted by molar-refractivity contribution is -0.119. The number of morpholine rings is 1. The lowest BCUT2D eigenvalue weighted by Gasteiger charge is -2.33. The SMILES string of the molecule is O=C(CSc1ncnc2c1cnn2-c1ccccc1)NC[C@@H]1CN(Cc2ccccc2)CCO1. The number of carbonyl (C=O) groups is 1. The molecule has 34 heavy (non-hydrogen) atoms. The highest BCUT2D eigenvalue weighted by Crippen LogP contribution is 2.25. The number of hydrogen-bond donors (Lipinski definition) is 1. The zero-order chi connectivity index (χ0) is 23.2. The molecule has 1 aliphatic rings. The summed E-state index contributed by atoms with van der Waals surface area (Å²) in [5.41, 5.74) is 2.94. The fourth-order valence-corrected chi connectivity index (χ4v) is 4.79. The average Bonchev–Trinajstić information content (AvgIpc) is 3.32. The van der Waals surface area contributed by atoms with Crippen molar-refractivity contribution < 1.29 is 9.53 Å². The summed E-state index contributed by atoms with van der Waals surface area (Å²) < 4.78 is 7.65. The summed E-state index contributed by atoms with van der Waals surface area (Å²) in [5, 5.41) is 9.05. The Balaban J connectivity index is 1.13. The van der Waals surface area contributed by atoms with Gasteiger partial charge in [-0.3, -0.25) is 9.69 Å². The molecule has 1 fully saturated rings. The van der Waals surface area contributed by atoms with Gasteiger partial charge < -0.3 is 10.1 Å². The molecule has 2 aromatic carbocycles. The smallest absolute Gasteiger partial charge is 0.230 e. The maximum absolute atomic E-state index is 12.5. The Morgan fingerprint density at radius 1 is 1.09 bits per heavy atom. The summed E-state index contributed by atoms with van der Waals surface area (Å²) in [5.74, 6) is 0.222. The van der Waals surface area contributed by atoms with Gasteiger partial charge in [0.1, 0.15) is 11.4 Å². The van der Waals surface area contributed by atoms with E-state index in [4.69, 9.17) is 4.74 Å². The first-order chi connectivity index (χ1) is 16.8. The van der Waals surface area contributed by atoms with Crippen molar-refractivity contribution in [2.24, 2.45) is 0 Å². The van der Waals surface area contributed by atoms with Gasteiger partial charge in [0.2, 0.25) is 5.91 Å². The highest BCUT2D eigenvalue weighted by molar-refractivity contribution is 8.00. The van der Waals surface area contributed by atoms with E-state index in [-0.39, 0.29) is 17.8 Å². The van der Waals surface area contributed by atoms with E-state index in [1.807, 2.05) is 36.4 Å². The first kappa shape index (κ1) is 22.5. The van der Waals surface area contributed by atoms with Crippen molar-refractivity contribution in [3.63, 3.8) is 0 Å². The van der Waals surface area contributed by atoms with Gasteiger partial charge in [0.25, 0.3) is 0 Å². The van der Waals surface area contributed by atoms with Crippen LogP contribution < -0.4 is 5.32 Å². The minimum absolute atomic E-state index is 0.0127. The highest BCUT2D eigenvalue weighted by Gasteiger charge is 2.21. The van der Waals surface area contributed by atoms with Gasteiger partial charge in [-0.1, -0.05) is 60.3 Å². The van der Waals surface area contributed by atoms with Crippen LogP contribution in [0.25, 0.3) is 16.7 Å². The first-order valence-electron chi connectivity index (χ1n) is 11.3. The molecule has 8 nitrogen and oxygen atoms in total. The fraction of sp³-hybridized carbons (Fsp3) is 0.280. The van der Waals surface area contributed by atoms with Crippen molar-refractivity contribution in [1.29, 1.82) is 0 Å². The van der Waals surface area contributed by atoms with E-state index >= 15 is 0 Å². The second-order valence-electron chi connectivity index (χ2n) is 8.11. The van der Waals surface area contributed by atoms with Crippen molar-refractivity contribution in [2.45, 2.75) is 17.7 Å². The monoisotopic (exact) mass is 474 g/mol. The number of carbonyl (C=O) groups excluding carboxylic acids is 1. The zero-order valence-corrected chi connectivity index (χ0v) is 19.5. The molecule has 5 rings (SSSR count). The van der Waals surface area contributed by atoms with Crippen LogP contribution in [0.1, 0.15) is 5.56 Å². The van der Waals surface area contributed by atoms with Gasteiger partial charge in [0, 0.05) is 26.2 Å². The highest BCUT2D eigenvalue weighted by atomic mass is 32.2. The normalized spacial score (nSPS) is 16.5. The minimum Gasteiger partial charge on any atom is -0.374 e. The molecule has 9 heteroatoms. The third-order valence-corrected chi connectivity index (χ3v) is 6.67. The maximum atomic E-state index is 12.5. The van der Waals surface area contributed by atoms with E-state index in [9.17, 15) is 4.79 Å². The number of aromatic nitrogens is 4. The molecule has 1 N–H and O–H groups in total. The van der Waals surface area contributed by atoms with Gasteiger partial charge in [-0.2, -0.15) is 5.10 Å². The number of para-hydroxylation sites is 1. The Morgan fingerprint density at radius 2 is 1.88 bits per heavy atom. The topological polar surface area (TPSA) is 85.2 Å². The molecule has 0 unspecified atom stereocenters. The third kappa shape index (κ3) is 5.44. The van der Waals surface area contributed by atoms with Gasteiger partial charge in [-0.25, -0.2) is 14.6 Å². The predicted octanol–water partition coefficient (Wildman–Crippen LogP) is 2.92. The van der Waals surface area contributed by atoms with E-state index in [1.54, 1.807) is 10.9 Å². The van der Waals surface area contributed by atoms with Gasteiger partial charge in [0.15, 0.2) is 5.65 Å². The molecule has 1 amide bonds. The Labute approximate surface area is 202 Å². The number of amides is 1. The second-order valence-corrected chi connectivity index (χ2v) is 9.08. The second kappa shape index (κ2) is 10.8. The molecular formula is C25H26N6O2S. The third-order valence-electron chi connectivity index (χ3n) is 5.67. The van der Waals surface area contributed by atoms with Crippen LogP contribution in [0.15, 0.2) is 78.2 Å². The molecule has 1 saturated heterocycles. The van der Waals surface area contributed by atoms with Gasteiger partial charge in [0.05, 0.1) is 35.7 Å². The maximum Gasteiger partial charge on any atom is 0.230 e. The number of nitrogens with zero attached hydrogens (tertiary/aromatic N) is 5. The summed E-state index contributed by atoms with van der Waals surface area (Å²) in [6, 6.07) is 20.2.